The minimum atomic E-state index is -1.38. The Bertz CT molecular complexity index is 588. The maximum Gasteiger partial charge on any atom is 0.356 e. The Balaban J connectivity index is 2.73. The van der Waals surface area contributed by atoms with Gasteiger partial charge in [-0.1, -0.05) is 11.6 Å². The standard InChI is InChI=1S/C9H5ClFN3O2S/c10-3-5(12)4(11)7(8-13-1-2-17-8)14-6(3)9(15)16/h1-2H,(H2,12,14)(H,15,16). The molecule has 0 saturated heterocycles. The molecule has 3 N–H and O–H groups in total. The van der Waals surface area contributed by atoms with Gasteiger partial charge >= 0.3 is 5.97 Å². The first kappa shape index (κ1) is 11.7. The van der Waals surface area contributed by atoms with Crippen LogP contribution in [0, 0.1) is 5.82 Å². The first-order chi connectivity index (χ1) is 8.02. The van der Waals surface area contributed by atoms with E-state index in [0.29, 0.717) is 0 Å². The number of carbonyl (C=O) groups is 1. The molecule has 0 radical (unpaired) electrons. The molecule has 0 aliphatic rings. The molecule has 2 aromatic heterocycles. The van der Waals surface area contributed by atoms with Crippen molar-refractivity contribution in [3.63, 3.8) is 0 Å². The molecule has 2 aromatic rings. The molecule has 0 amide bonds. The average molecular weight is 274 g/mol. The highest BCUT2D eigenvalue weighted by atomic mass is 35.5. The van der Waals surface area contributed by atoms with Gasteiger partial charge in [0.2, 0.25) is 0 Å². The Morgan fingerprint density at radius 2 is 2.29 bits per heavy atom. The van der Waals surface area contributed by atoms with Gasteiger partial charge in [0.15, 0.2) is 11.5 Å². The molecule has 0 fully saturated rings. The van der Waals surface area contributed by atoms with Crippen LogP contribution in [0.15, 0.2) is 11.6 Å². The van der Waals surface area contributed by atoms with Gasteiger partial charge in [0.25, 0.3) is 0 Å². The highest BCUT2D eigenvalue weighted by Gasteiger charge is 2.22. The van der Waals surface area contributed by atoms with Gasteiger partial charge in [-0.2, -0.15) is 0 Å². The van der Waals surface area contributed by atoms with Gasteiger partial charge in [-0.25, -0.2) is 19.2 Å². The quantitative estimate of drug-likeness (QED) is 0.876. The topological polar surface area (TPSA) is 89.1 Å². The number of rotatable bonds is 2. The zero-order valence-electron chi connectivity index (χ0n) is 8.15. The van der Waals surface area contributed by atoms with E-state index in [-0.39, 0.29) is 10.7 Å². The molecule has 17 heavy (non-hydrogen) atoms. The fourth-order valence-corrected chi connectivity index (χ4v) is 2.01. The van der Waals surface area contributed by atoms with Crippen molar-refractivity contribution < 1.29 is 14.3 Å². The molecular formula is C9H5ClFN3O2S. The fourth-order valence-electron chi connectivity index (χ4n) is 1.19. The highest BCUT2D eigenvalue weighted by molar-refractivity contribution is 7.13. The Morgan fingerprint density at radius 3 is 2.82 bits per heavy atom. The van der Waals surface area contributed by atoms with E-state index >= 15 is 0 Å². The van der Waals surface area contributed by atoms with Crippen LogP contribution in [0.5, 0.6) is 0 Å². The lowest BCUT2D eigenvalue weighted by Gasteiger charge is -2.06. The third kappa shape index (κ3) is 1.94. The summed E-state index contributed by atoms with van der Waals surface area (Å²) in [6, 6.07) is 0. The van der Waals surface area contributed by atoms with Crippen molar-refractivity contribution in [2.75, 3.05) is 5.73 Å². The molecule has 0 aliphatic heterocycles. The van der Waals surface area contributed by atoms with Crippen LogP contribution in [0.1, 0.15) is 10.5 Å². The summed E-state index contributed by atoms with van der Waals surface area (Å²) in [6.07, 6.45) is 1.45. The summed E-state index contributed by atoms with van der Waals surface area (Å²) in [5.74, 6) is -2.24. The SMILES string of the molecule is Nc1c(F)c(-c2nccs2)nc(C(=O)O)c1Cl. The lowest BCUT2D eigenvalue weighted by Crippen LogP contribution is -2.08. The van der Waals surface area contributed by atoms with Gasteiger partial charge in [-0.3, -0.25) is 0 Å². The summed E-state index contributed by atoms with van der Waals surface area (Å²) in [5.41, 5.74) is 4.25. The zero-order valence-corrected chi connectivity index (χ0v) is 9.72. The maximum atomic E-state index is 13.8. The second-order valence-electron chi connectivity index (χ2n) is 2.99. The molecule has 0 aliphatic carbocycles. The lowest BCUT2D eigenvalue weighted by molar-refractivity contribution is 0.0691. The van der Waals surface area contributed by atoms with E-state index in [2.05, 4.69) is 9.97 Å². The number of carboxylic acid groups (broad SMARTS) is 1. The van der Waals surface area contributed by atoms with Crippen LogP contribution in [-0.2, 0) is 0 Å². The van der Waals surface area contributed by atoms with Gasteiger partial charge in [-0.05, 0) is 0 Å². The number of halogens is 2. The number of aromatic carboxylic acids is 1. The summed E-state index contributed by atoms with van der Waals surface area (Å²) < 4.78 is 13.8. The predicted octanol–water partition coefficient (Wildman–Crippen LogP) is 2.28. The Kier molecular flexibility index (Phi) is 2.95. The number of nitrogen functional groups attached to an aromatic ring is 1. The second-order valence-corrected chi connectivity index (χ2v) is 4.27. The van der Waals surface area contributed by atoms with Crippen molar-refractivity contribution >= 4 is 34.6 Å². The number of aromatic nitrogens is 2. The van der Waals surface area contributed by atoms with Crippen LogP contribution >= 0.6 is 22.9 Å². The number of thiazole rings is 1. The van der Waals surface area contributed by atoms with Crippen molar-refractivity contribution in [2.45, 2.75) is 0 Å². The average Bonchev–Trinajstić information content (AvgIpc) is 2.79. The van der Waals surface area contributed by atoms with Crippen LogP contribution in [0.25, 0.3) is 10.7 Å². The Hall–Kier alpha value is -1.73. The number of carboxylic acids is 1. The maximum absolute atomic E-state index is 13.8. The van der Waals surface area contributed by atoms with Gasteiger partial charge in [0.05, 0.1) is 10.7 Å². The van der Waals surface area contributed by atoms with Gasteiger partial charge in [-0.15, -0.1) is 11.3 Å². The van der Waals surface area contributed by atoms with Crippen LogP contribution in [-0.4, -0.2) is 21.0 Å². The minimum Gasteiger partial charge on any atom is -0.476 e. The number of hydrogen-bond acceptors (Lipinski definition) is 5. The summed E-state index contributed by atoms with van der Waals surface area (Å²) in [6.45, 7) is 0. The number of anilines is 1. The summed E-state index contributed by atoms with van der Waals surface area (Å²) in [4.78, 5) is 18.3. The van der Waals surface area contributed by atoms with Crippen molar-refractivity contribution in [1.82, 2.24) is 9.97 Å². The molecular weight excluding hydrogens is 269 g/mol. The summed E-state index contributed by atoms with van der Waals surface area (Å²) in [5, 5.41) is 10.3. The lowest BCUT2D eigenvalue weighted by atomic mass is 10.2. The van der Waals surface area contributed by atoms with Crippen LogP contribution in [0.3, 0.4) is 0 Å². The molecule has 0 atom stereocenters. The van der Waals surface area contributed by atoms with E-state index in [1.54, 1.807) is 5.38 Å². The van der Waals surface area contributed by atoms with Gasteiger partial charge in [0.1, 0.15) is 10.7 Å². The summed E-state index contributed by atoms with van der Waals surface area (Å²) >= 11 is 6.72. The van der Waals surface area contributed by atoms with Gasteiger partial charge < -0.3 is 10.8 Å². The molecule has 2 heterocycles. The monoisotopic (exact) mass is 273 g/mol. The molecule has 0 unspecified atom stereocenters. The molecule has 88 valence electrons. The fraction of sp³-hybridized carbons (Fsp3) is 0. The number of pyridine rings is 1. The van der Waals surface area contributed by atoms with E-state index in [4.69, 9.17) is 22.4 Å². The largest absolute Gasteiger partial charge is 0.476 e. The predicted molar refractivity (Wildman–Crippen MR) is 61.7 cm³/mol. The molecule has 0 bridgehead atoms. The Morgan fingerprint density at radius 1 is 1.59 bits per heavy atom. The molecule has 0 saturated carbocycles. The van der Waals surface area contributed by atoms with Crippen molar-refractivity contribution in [3.8, 4) is 10.7 Å². The van der Waals surface area contributed by atoms with Crippen LogP contribution in [0.4, 0.5) is 10.1 Å². The highest BCUT2D eigenvalue weighted by Crippen LogP contribution is 2.32. The third-order valence-corrected chi connectivity index (χ3v) is 3.11. The zero-order chi connectivity index (χ0) is 12.6. The normalized spacial score (nSPS) is 10.5. The van der Waals surface area contributed by atoms with Crippen molar-refractivity contribution in [3.05, 3.63) is 28.1 Å². The van der Waals surface area contributed by atoms with Gasteiger partial charge in [0, 0.05) is 11.6 Å². The summed E-state index contributed by atoms with van der Waals surface area (Å²) in [7, 11) is 0. The number of hydrogen-bond donors (Lipinski definition) is 2. The molecule has 5 nitrogen and oxygen atoms in total. The van der Waals surface area contributed by atoms with E-state index in [1.165, 1.54) is 6.20 Å². The third-order valence-electron chi connectivity index (χ3n) is 1.95. The van der Waals surface area contributed by atoms with E-state index in [1.807, 2.05) is 0 Å². The Labute approximate surface area is 104 Å². The van der Waals surface area contributed by atoms with Crippen molar-refractivity contribution in [2.24, 2.45) is 0 Å². The molecule has 2 rings (SSSR count). The van der Waals surface area contributed by atoms with Crippen LogP contribution in [0.2, 0.25) is 5.02 Å². The first-order valence-corrected chi connectivity index (χ1v) is 5.55. The second kappa shape index (κ2) is 4.27. The van der Waals surface area contributed by atoms with E-state index in [0.717, 1.165) is 11.3 Å². The van der Waals surface area contributed by atoms with Crippen molar-refractivity contribution in [1.29, 1.82) is 0 Å². The number of nitrogens with zero attached hydrogens (tertiary/aromatic N) is 2. The first-order valence-electron chi connectivity index (χ1n) is 4.30. The van der Waals surface area contributed by atoms with E-state index < -0.39 is 28.2 Å². The molecule has 0 aromatic carbocycles. The smallest absolute Gasteiger partial charge is 0.356 e. The van der Waals surface area contributed by atoms with E-state index in [9.17, 15) is 9.18 Å². The molecule has 0 spiro atoms. The minimum absolute atomic E-state index is 0.209. The van der Waals surface area contributed by atoms with Crippen LogP contribution < -0.4 is 5.73 Å². The molecule has 8 heteroatoms. The number of nitrogens with two attached hydrogens (primary N) is 1.